The van der Waals surface area contributed by atoms with E-state index in [0.717, 1.165) is 5.56 Å². The first-order valence-corrected chi connectivity index (χ1v) is 13.7. The summed E-state index contributed by atoms with van der Waals surface area (Å²) in [5.74, 6) is -6.07. The molecule has 0 bridgehead atoms. The van der Waals surface area contributed by atoms with E-state index in [4.69, 9.17) is 9.47 Å². The lowest BCUT2D eigenvalue weighted by Gasteiger charge is -2.47. The summed E-state index contributed by atoms with van der Waals surface area (Å²) in [6, 6.07) is 8.76. The van der Waals surface area contributed by atoms with Crippen molar-refractivity contribution in [2.75, 3.05) is 20.1 Å². The SMILES string of the molecule is CNC(=O)C(O)(CCC=O)N1C(=O)c2cccc(OCc3cc(CN4CC(C)(C)OC(C)(C)C4)ccc3F)c2C1(O)O. The van der Waals surface area contributed by atoms with Crippen molar-refractivity contribution in [3.63, 3.8) is 0 Å². The van der Waals surface area contributed by atoms with Gasteiger partial charge in [0, 0.05) is 45.1 Å². The average molecular weight is 588 g/mol. The molecule has 4 N–H and O–H groups in total. The van der Waals surface area contributed by atoms with Gasteiger partial charge in [0.05, 0.1) is 22.3 Å². The topological polar surface area (TPSA) is 149 Å². The Bertz CT molecular complexity index is 1360. The van der Waals surface area contributed by atoms with Crippen LogP contribution < -0.4 is 10.1 Å². The molecule has 2 aliphatic heterocycles. The third-order valence-electron chi connectivity index (χ3n) is 7.34. The maximum atomic E-state index is 14.9. The molecule has 0 aromatic heterocycles. The number of aliphatic hydroxyl groups is 3. The number of carbonyl (C=O) groups excluding carboxylic acids is 3. The number of aldehydes is 1. The van der Waals surface area contributed by atoms with Gasteiger partial charge in [-0.25, -0.2) is 9.29 Å². The molecular weight excluding hydrogens is 549 g/mol. The molecule has 0 spiro atoms. The fourth-order valence-corrected chi connectivity index (χ4v) is 6.07. The van der Waals surface area contributed by atoms with Gasteiger partial charge >= 0.3 is 0 Å². The van der Waals surface area contributed by atoms with Gasteiger partial charge in [0.2, 0.25) is 5.72 Å². The molecule has 42 heavy (non-hydrogen) atoms. The summed E-state index contributed by atoms with van der Waals surface area (Å²) in [6.07, 6.45) is -0.515. The normalized spacial score (nSPS) is 20.5. The number of hydrogen-bond acceptors (Lipinski definition) is 9. The Morgan fingerprint density at radius 3 is 2.45 bits per heavy atom. The fraction of sp³-hybridized carbons (Fsp3) is 0.500. The lowest BCUT2D eigenvalue weighted by Crippen LogP contribution is -2.64. The van der Waals surface area contributed by atoms with Crippen molar-refractivity contribution >= 4 is 18.1 Å². The van der Waals surface area contributed by atoms with Crippen LogP contribution in [-0.4, -0.2) is 80.3 Å². The number of fused-ring (bicyclic) bond motifs is 1. The lowest BCUT2D eigenvalue weighted by molar-refractivity contribution is -0.302. The number of amides is 2. The van der Waals surface area contributed by atoms with Crippen LogP contribution in [0.25, 0.3) is 0 Å². The molecule has 0 aliphatic carbocycles. The molecule has 2 aromatic carbocycles. The Morgan fingerprint density at radius 1 is 1.17 bits per heavy atom. The van der Waals surface area contributed by atoms with Crippen molar-refractivity contribution in [1.29, 1.82) is 0 Å². The van der Waals surface area contributed by atoms with Crippen LogP contribution in [0.1, 0.15) is 67.6 Å². The van der Waals surface area contributed by atoms with Gasteiger partial charge in [0.15, 0.2) is 0 Å². The summed E-state index contributed by atoms with van der Waals surface area (Å²) in [5, 5.41) is 35.7. The highest BCUT2D eigenvalue weighted by Gasteiger charge is 2.60. The number of ether oxygens (including phenoxy) is 2. The van der Waals surface area contributed by atoms with Gasteiger partial charge in [0.25, 0.3) is 17.7 Å². The molecule has 2 aliphatic rings. The van der Waals surface area contributed by atoms with Crippen molar-refractivity contribution in [3.05, 3.63) is 64.5 Å². The van der Waals surface area contributed by atoms with Crippen molar-refractivity contribution in [3.8, 4) is 5.75 Å². The number of likely N-dealkylation sites (N-methyl/N-ethyl adjacent to an activating group) is 1. The second-order valence-electron chi connectivity index (χ2n) is 12.0. The molecule has 11 nitrogen and oxygen atoms in total. The second-order valence-corrected chi connectivity index (χ2v) is 12.0. The number of hydrogen-bond donors (Lipinski definition) is 4. The number of morpholine rings is 1. The standard InChI is InChI=1S/C30H38FN3O8/c1-27(2)17-33(18-28(3,4)42-27)15-19-10-11-22(31)20(14-19)16-41-23-9-6-8-21-24(23)30(39,40)34(25(21)36)29(38,12-7-13-35)26(37)32-5/h6,8-11,13-14,38-40H,7,12,15-18H2,1-5H3,(H,32,37). The molecule has 1 atom stereocenters. The van der Waals surface area contributed by atoms with Crippen molar-refractivity contribution < 1.29 is 43.6 Å². The van der Waals surface area contributed by atoms with Crippen molar-refractivity contribution in [2.24, 2.45) is 0 Å². The largest absolute Gasteiger partial charge is 0.488 e. The molecule has 2 heterocycles. The highest BCUT2D eigenvalue weighted by atomic mass is 19.1. The highest BCUT2D eigenvalue weighted by molar-refractivity contribution is 6.03. The molecule has 1 unspecified atom stereocenters. The molecule has 1 fully saturated rings. The maximum absolute atomic E-state index is 14.9. The van der Waals surface area contributed by atoms with Crippen LogP contribution in [0, 0.1) is 5.82 Å². The van der Waals surface area contributed by atoms with E-state index in [-0.39, 0.29) is 46.0 Å². The highest BCUT2D eigenvalue weighted by Crippen LogP contribution is 2.45. The van der Waals surface area contributed by atoms with E-state index in [0.29, 0.717) is 25.9 Å². The first-order valence-electron chi connectivity index (χ1n) is 13.7. The number of nitrogens with one attached hydrogen (secondary N) is 1. The number of nitrogens with zero attached hydrogens (tertiary/aromatic N) is 2. The van der Waals surface area contributed by atoms with E-state index in [1.165, 1.54) is 31.3 Å². The van der Waals surface area contributed by atoms with Crippen LogP contribution in [0.15, 0.2) is 36.4 Å². The molecule has 0 saturated carbocycles. The molecule has 12 heteroatoms. The third-order valence-corrected chi connectivity index (χ3v) is 7.34. The van der Waals surface area contributed by atoms with Gasteiger partial charge in [-0.2, -0.15) is 0 Å². The quantitative estimate of drug-likeness (QED) is 0.241. The summed E-state index contributed by atoms with van der Waals surface area (Å²) in [7, 11) is 1.19. The van der Waals surface area contributed by atoms with Crippen LogP contribution in [0.5, 0.6) is 5.75 Å². The van der Waals surface area contributed by atoms with Gasteiger partial charge in [-0.15, -0.1) is 0 Å². The lowest BCUT2D eigenvalue weighted by atomic mass is 9.98. The predicted molar refractivity (Wildman–Crippen MR) is 148 cm³/mol. The number of halogens is 1. The van der Waals surface area contributed by atoms with E-state index < -0.39 is 41.3 Å². The Morgan fingerprint density at radius 2 is 1.83 bits per heavy atom. The van der Waals surface area contributed by atoms with Crippen LogP contribution in [-0.2, 0) is 33.4 Å². The van der Waals surface area contributed by atoms with Gasteiger partial charge in [-0.05, 0) is 57.5 Å². The van der Waals surface area contributed by atoms with Crippen LogP contribution >= 0.6 is 0 Å². The molecule has 0 radical (unpaired) electrons. The minimum Gasteiger partial charge on any atom is -0.488 e. The first kappa shape index (κ1) is 31.5. The van der Waals surface area contributed by atoms with Crippen molar-refractivity contribution in [2.45, 2.75) is 76.5 Å². The van der Waals surface area contributed by atoms with E-state index in [1.807, 2.05) is 27.7 Å². The zero-order valence-electron chi connectivity index (χ0n) is 24.4. The van der Waals surface area contributed by atoms with E-state index in [1.54, 1.807) is 12.1 Å². The minimum atomic E-state index is -3.19. The second kappa shape index (κ2) is 11.3. The molecular formula is C30H38FN3O8. The third kappa shape index (κ3) is 6.04. The molecule has 2 amide bonds. The summed E-state index contributed by atoms with van der Waals surface area (Å²) in [5.41, 5.74) is -3.10. The first-order chi connectivity index (χ1) is 19.5. The van der Waals surface area contributed by atoms with E-state index >= 15 is 0 Å². The Kier molecular flexibility index (Phi) is 8.51. The van der Waals surface area contributed by atoms with E-state index in [2.05, 4.69) is 10.2 Å². The zero-order chi connectivity index (χ0) is 31.1. The maximum Gasteiger partial charge on any atom is 0.284 e. The van der Waals surface area contributed by atoms with Gasteiger partial charge in [0.1, 0.15) is 24.5 Å². The van der Waals surface area contributed by atoms with Gasteiger partial charge in [-0.3, -0.25) is 14.5 Å². The van der Waals surface area contributed by atoms with Gasteiger partial charge < -0.3 is 34.9 Å². The monoisotopic (exact) mass is 587 g/mol. The molecule has 228 valence electrons. The molecule has 2 aromatic rings. The Hall–Kier alpha value is -3.42. The summed E-state index contributed by atoms with van der Waals surface area (Å²) in [6.45, 7) is 9.69. The number of carbonyl (C=O) groups is 3. The molecule has 4 rings (SSSR count). The summed E-state index contributed by atoms with van der Waals surface area (Å²) < 4.78 is 26.8. The summed E-state index contributed by atoms with van der Waals surface area (Å²) >= 11 is 0. The van der Waals surface area contributed by atoms with E-state index in [9.17, 15) is 34.1 Å². The smallest absolute Gasteiger partial charge is 0.284 e. The zero-order valence-corrected chi connectivity index (χ0v) is 24.4. The van der Waals surface area contributed by atoms with Gasteiger partial charge in [-0.1, -0.05) is 12.1 Å². The van der Waals surface area contributed by atoms with Crippen LogP contribution in [0.3, 0.4) is 0 Å². The van der Waals surface area contributed by atoms with Crippen LogP contribution in [0.4, 0.5) is 4.39 Å². The summed E-state index contributed by atoms with van der Waals surface area (Å²) in [4.78, 5) is 39.4. The minimum absolute atomic E-state index is 0.163. The molecule has 1 saturated heterocycles. The average Bonchev–Trinajstić information content (AvgIpc) is 3.10. The van der Waals surface area contributed by atoms with Crippen molar-refractivity contribution in [1.82, 2.24) is 15.1 Å². The Balaban J connectivity index is 1.59. The number of benzene rings is 2. The number of rotatable bonds is 10. The Labute approximate surface area is 243 Å². The van der Waals surface area contributed by atoms with Crippen LogP contribution in [0.2, 0.25) is 0 Å². The predicted octanol–water partition coefficient (Wildman–Crippen LogP) is 1.76. The fourth-order valence-electron chi connectivity index (χ4n) is 6.07.